The average Bonchev–Trinajstić information content (AvgIpc) is 3.01. The molecule has 1 aliphatic rings. The molecule has 0 aliphatic carbocycles. The van der Waals surface area contributed by atoms with Crippen molar-refractivity contribution in [3.8, 4) is 11.5 Å². The van der Waals surface area contributed by atoms with E-state index in [0.717, 1.165) is 29.0 Å². The second-order valence-electron chi connectivity index (χ2n) is 5.54. The van der Waals surface area contributed by atoms with Gasteiger partial charge < -0.3 is 20.1 Å². The van der Waals surface area contributed by atoms with Gasteiger partial charge in [-0.15, -0.1) is 0 Å². The van der Waals surface area contributed by atoms with E-state index in [2.05, 4.69) is 16.7 Å². The lowest BCUT2D eigenvalue weighted by Gasteiger charge is -2.08. The summed E-state index contributed by atoms with van der Waals surface area (Å²) in [5, 5.41) is 5.72. The van der Waals surface area contributed by atoms with E-state index in [1.165, 1.54) is 5.56 Å². The van der Waals surface area contributed by atoms with Crippen LogP contribution in [0.5, 0.6) is 11.5 Å². The lowest BCUT2D eigenvalue weighted by molar-refractivity contribution is 0.174. The molecular weight excluding hydrogens is 292 g/mol. The summed E-state index contributed by atoms with van der Waals surface area (Å²) < 4.78 is 10.6. The molecule has 2 aromatic rings. The number of hydrogen-bond acceptors (Lipinski definition) is 3. The summed E-state index contributed by atoms with van der Waals surface area (Å²) in [4.78, 5) is 11.8. The standard InChI is InChI=1S/C18H20N2O3/c1-13-3-2-4-15(9-13)11-20-18(21)19-8-7-14-5-6-16-17(10-14)23-12-22-16/h2-6,9-10H,7-8,11-12H2,1H3,(H2,19,20,21). The first kappa shape index (κ1) is 15.2. The van der Waals surface area contributed by atoms with E-state index >= 15 is 0 Å². The average molecular weight is 312 g/mol. The molecule has 5 nitrogen and oxygen atoms in total. The third-order valence-corrected chi connectivity index (χ3v) is 3.67. The molecule has 0 fully saturated rings. The van der Waals surface area contributed by atoms with Crippen molar-refractivity contribution >= 4 is 6.03 Å². The van der Waals surface area contributed by atoms with Gasteiger partial charge in [0.05, 0.1) is 0 Å². The number of amides is 2. The van der Waals surface area contributed by atoms with E-state index in [-0.39, 0.29) is 12.8 Å². The van der Waals surface area contributed by atoms with Gasteiger partial charge in [0.2, 0.25) is 6.79 Å². The zero-order valence-electron chi connectivity index (χ0n) is 13.1. The van der Waals surface area contributed by atoms with Crippen LogP contribution in [0.1, 0.15) is 16.7 Å². The molecule has 1 heterocycles. The summed E-state index contributed by atoms with van der Waals surface area (Å²) in [5.74, 6) is 1.55. The fourth-order valence-corrected chi connectivity index (χ4v) is 2.48. The monoisotopic (exact) mass is 312 g/mol. The van der Waals surface area contributed by atoms with Crippen molar-refractivity contribution in [1.29, 1.82) is 0 Å². The smallest absolute Gasteiger partial charge is 0.315 e. The van der Waals surface area contributed by atoms with E-state index in [0.29, 0.717) is 13.1 Å². The van der Waals surface area contributed by atoms with Crippen molar-refractivity contribution in [1.82, 2.24) is 10.6 Å². The maximum Gasteiger partial charge on any atom is 0.315 e. The van der Waals surface area contributed by atoms with Gasteiger partial charge in [-0.1, -0.05) is 35.9 Å². The lowest BCUT2D eigenvalue weighted by Crippen LogP contribution is -2.36. The zero-order chi connectivity index (χ0) is 16.1. The highest BCUT2D eigenvalue weighted by Gasteiger charge is 2.13. The Kier molecular flexibility index (Phi) is 4.66. The van der Waals surface area contributed by atoms with Gasteiger partial charge in [0, 0.05) is 13.1 Å². The number of hydrogen-bond donors (Lipinski definition) is 2. The van der Waals surface area contributed by atoms with Gasteiger partial charge in [-0.2, -0.15) is 0 Å². The molecular formula is C18H20N2O3. The zero-order valence-corrected chi connectivity index (χ0v) is 13.1. The third kappa shape index (κ3) is 4.16. The highest BCUT2D eigenvalue weighted by molar-refractivity contribution is 5.73. The van der Waals surface area contributed by atoms with Crippen molar-refractivity contribution in [3.05, 3.63) is 59.2 Å². The van der Waals surface area contributed by atoms with Gasteiger partial charge in [-0.05, 0) is 36.6 Å². The van der Waals surface area contributed by atoms with Crippen molar-refractivity contribution < 1.29 is 14.3 Å². The van der Waals surface area contributed by atoms with Gasteiger partial charge in [0.15, 0.2) is 11.5 Å². The molecule has 2 N–H and O–H groups in total. The summed E-state index contributed by atoms with van der Waals surface area (Å²) in [6.07, 6.45) is 0.745. The highest BCUT2D eigenvalue weighted by atomic mass is 16.7. The fourth-order valence-electron chi connectivity index (χ4n) is 2.48. The highest BCUT2D eigenvalue weighted by Crippen LogP contribution is 2.32. The van der Waals surface area contributed by atoms with Crippen LogP contribution in [-0.2, 0) is 13.0 Å². The minimum absolute atomic E-state index is 0.160. The molecule has 120 valence electrons. The summed E-state index contributed by atoms with van der Waals surface area (Å²) in [6.45, 7) is 3.41. The van der Waals surface area contributed by atoms with Crippen LogP contribution < -0.4 is 20.1 Å². The largest absolute Gasteiger partial charge is 0.454 e. The van der Waals surface area contributed by atoms with E-state index in [1.807, 2.05) is 43.3 Å². The Balaban J connectivity index is 1.41. The second-order valence-corrected chi connectivity index (χ2v) is 5.54. The molecule has 0 aromatic heterocycles. The Labute approximate surface area is 135 Å². The summed E-state index contributed by atoms with van der Waals surface area (Å²) in [5.41, 5.74) is 3.39. The number of carbonyl (C=O) groups excluding carboxylic acids is 1. The van der Waals surface area contributed by atoms with Crippen LogP contribution in [-0.4, -0.2) is 19.4 Å². The Bertz CT molecular complexity index is 700. The van der Waals surface area contributed by atoms with E-state index in [9.17, 15) is 4.79 Å². The predicted molar refractivity (Wildman–Crippen MR) is 87.7 cm³/mol. The van der Waals surface area contributed by atoms with Crippen LogP contribution in [0.15, 0.2) is 42.5 Å². The summed E-state index contributed by atoms with van der Waals surface area (Å²) in [7, 11) is 0. The molecule has 0 radical (unpaired) electrons. The van der Waals surface area contributed by atoms with Crippen LogP contribution in [0.2, 0.25) is 0 Å². The first-order valence-electron chi connectivity index (χ1n) is 7.66. The Morgan fingerprint density at radius 3 is 2.78 bits per heavy atom. The van der Waals surface area contributed by atoms with E-state index in [1.54, 1.807) is 0 Å². The van der Waals surface area contributed by atoms with Gasteiger partial charge >= 0.3 is 6.03 Å². The van der Waals surface area contributed by atoms with Gasteiger partial charge in [0.1, 0.15) is 0 Å². The first-order chi connectivity index (χ1) is 11.2. The van der Waals surface area contributed by atoms with E-state index in [4.69, 9.17) is 9.47 Å². The Morgan fingerprint density at radius 2 is 1.91 bits per heavy atom. The Morgan fingerprint density at radius 1 is 1.04 bits per heavy atom. The van der Waals surface area contributed by atoms with Gasteiger partial charge in [-0.3, -0.25) is 0 Å². The fraction of sp³-hybridized carbons (Fsp3) is 0.278. The first-order valence-corrected chi connectivity index (χ1v) is 7.66. The summed E-state index contributed by atoms with van der Waals surface area (Å²) >= 11 is 0. The van der Waals surface area contributed by atoms with E-state index < -0.39 is 0 Å². The normalized spacial score (nSPS) is 12.0. The molecule has 0 bridgehead atoms. The van der Waals surface area contributed by atoms with Gasteiger partial charge in [-0.25, -0.2) is 4.79 Å². The minimum atomic E-state index is -0.160. The molecule has 1 aliphatic heterocycles. The number of benzene rings is 2. The number of urea groups is 1. The number of nitrogens with one attached hydrogen (secondary N) is 2. The number of rotatable bonds is 5. The Hall–Kier alpha value is -2.69. The van der Waals surface area contributed by atoms with Crippen LogP contribution in [0.25, 0.3) is 0 Å². The van der Waals surface area contributed by atoms with Crippen LogP contribution in [0.3, 0.4) is 0 Å². The molecule has 23 heavy (non-hydrogen) atoms. The molecule has 0 unspecified atom stereocenters. The molecule has 5 heteroatoms. The van der Waals surface area contributed by atoms with Crippen LogP contribution in [0, 0.1) is 6.92 Å². The number of carbonyl (C=O) groups is 1. The topological polar surface area (TPSA) is 59.6 Å². The van der Waals surface area contributed by atoms with Crippen molar-refractivity contribution in [2.45, 2.75) is 19.9 Å². The van der Waals surface area contributed by atoms with Crippen molar-refractivity contribution in [2.24, 2.45) is 0 Å². The molecule has 0 saturated carbocycles. The quantitative estimate of drug-likeness (QED) is 0.892. The van der Waals surface area contributed by atoms with Crippen molar-refractivity contribution in [2.75, 3.05) is 13.3 Å². The molecule has 3 rings (SSSR count). The number of ether oxygens (including phenoxy) is 2. The second kappa shape index (κ2) is 7.05. The minimum Gasteiger partial charge on any atom is -0.454 e. The maximum atomic E-state index is 11.8. The molecule has 2 aromatic carbocycles. The van der Waals surface area contributed by atoms with Gasteiger partial charge in [0.25, 0.3) is 0 Å². The molecule has 0 spiro atoms. The van der Waals surface area contributed by atoms with Crippen LogP contribution in [0.4, 0.5) is 4.79 Å². The third-order valence-electron chi connectivity index (χ3n) is 3.67. The molecule has 0 saturated heterocycles. The lowest BCUT2D eigenvalue weighted by atomic mass is 10.1. The molecule has 2 amide bonds. The SMILES string of the molecule is Cc1cccc(CNC(=O)NCCc2ccc3c(c2)OCO3)c1. The summed E-state index contributed by atoms with van der Waals surface area (Å²) in [6, 6.07) is 13.8. The van der Waals surface area contributed by atoms with Crippen molar-refractivity contribution in [3.63, 3.8) is 0 Å². The maximum absolute atomic E-state index is 11.8. The number of aryl methyl sites for hydroxylation is 1. The van der Waals surface area contributed by atoms with Crippen LogP contribution >= 0.6 is 0 Å². The molecule has 0 atom stereocenters. The number of fused-ring (bicyclic) bond motifs is 1. The predicted octanol–water partition coefficient (Wildman–Crippen LogP) is 2.77.